The number of hydrogen-bond donors (Lipinski definition) is 0. The van der Waals surface area contributed by atoms with Crippen molar-refractivity contribution in [3.63, 3.8) is 0 Å². The lowest BCUT2D eigenvalue weighted by Crippen LogP contribution is -2.36. The molecule has 1 heterocycles. The first kappa shape index (κ1) is 8.03. The lowest BCUT2D eigenvalue weighted by molar-refractivity contribution is 0.00297. The molecule has 0 aromatic carbocycles. The van der Waals surface area contributed by atoms with Gasteiger partial charge < -0.3 is 9.47 Å². The molecule has 3 nitrogen and oxygen atoms in total. The highest BCUT2D eigenvalue weighted by molar-refractivity contribution is 5.18. The van der Waals surface area contributed by atoms with E-state index in [0.29, 0.717) is 0 Å². The Hall–Kier alpha value is -0.590. The van der Waals surface area contributed by atoms with E-state index in [0.717, 1.165) is 19.3 Å². The third-order valence-corrected chi connectivity index (χ3v) is 2.95. The monoisotopic (exact) mass is 167 g/mol. The van der Waals surface area contributed by atoms with Crippen LogP contribution in [0.25, 0.3) is 0 Å². The summed E-state index contributed by atoms with van der Waals surface area (Å²) in [6.45, 7) is 0. The Morgan fingerprint density at radius 2 is 2.42 bits per heavy atom. The fourth-order valence-corrected chi connectivity index (χ4v) is 2.21. The Morgan fingerprint density at radius 3 is 3.00 bits per heavy atom. The Labute approximate surface area is 72.3 Å². The highest BCUT2D eigenvalue weighted by atomic mass is 16.6. The van der Waals surface area contributed by atoms with Crippen LogP contribution in [0.15, 0.2) is 0 Å². The van der Waals surface area contributed by atoms with Gasteiger partial charge in [0.15, 0.2) is 6.10 Å². The van der Waals surface area contributed by atoms with Crippen LogP contribution in [-0.4, -0.2) is 24.9 Å². The van der Waals surface area contributed by atoms with Crippen molar-refractivity contribution in [1.29, 1.82) is 5.26 Å². The highest BCUT2D eigenvalue weighted by Gasteiger charge is 2.62. The van der Waals surface area contributed by atoms with Crippen molar-refractivity contribution in [1.82, 2.24) is 0 Å². The summed E-state index contributed by atoms with van der Waals surface area (Å²) in [4.78, 5) is 0. The standard InChI is InChI=1S/C9H13NO2/c1-11-7-4-2-3-5-9(7)8(6-10)12-9/h7-8H,2-5H2,1H3. The first-order valence-corrected chi connectivity index (χ1v) is 4.44. The molecule has 66 valence electrons. The predicted molar refractivity (Wildman–Crippen MR) is 42.5 cm³/mol. The zero-order valence-electron chi connectivity index (χ0n) is 7.25. The molecule has 0 amide bonds. The molecule has 1 aliphatic carbocycles. The van der Waals surface area contributed by atoms with Gasteiger partial charge in [-0.1, -0.05) is 12.8 Å². The first-order chi connectivity index (χ1) is 5.83. The summed E-state index contributed by atoms with van der Waals surface area (Å²) in [6, 6.07) is 2.16. The second-order valence-corrected chi connectivity index (χ2v) is 3.55. The summed E-state index contributed by atoms with van der Waals surface area (Å²) >= 11 is 0. The zero-order chi connectivity index (χ0) is 8.60. The van der Waals surface area contributed by atoms with Gasteiger partial charge in [0.25, 0.3) is 0 Å². The molecule has 2 fully saturated rings. The largest absolute Gasteiger partial charge is 0.378 e. The summed E-state index contributed by atoms with van der Waals surface area (Å²) in [7, 11) is 1.70. The number of hydrogen-bond acceptors (Lipinski definition) is 3. The molecule has 0 aromatic heterocycles. The van der Waals surface area contributed by atoms with Crippen molar-refractivity contribution in [2.24, 2.45) is 0 Å². The number of epoxide rings is 1. The van der Waals surface area contributed by atoms with E-state index in [2.05, 4.69) is 6.07 Å². The van der Waals surface area contributed by atoms with Crippen molar-refractivity contribution < 1.29 is 9.47 Å². The van der Waals surface area contributed by atoms with Crippen molar-refractivity contribution >= 4 is 0 Å². The van der Waals surface area contributed by atoms with Crippen molar-refractivity contribution in [2.75, 3.05) is 7.11 Å². The SMILES string of the molecule is COC1CCCCC12OC2C#N. The van der Waals surface area contributed by atoms with Gasteiger partial charge in [0, 0.05) is 7.11 Å². The maximum atomic E-state index is 8.71. The molecule has 1 saturated carbocycles. The van der Waals surface area contributed by atoms with Crippen LogP contribution in [0.2, 0.25) is 0 Å². The number of nitrogens with zero attached hydrogens (tertiary/aromatic N) is 1. The van der Waals surface area contributed by atoms with Crippen LogP contribution in [0.5, 0.6) is 0 Å². The fraction of sp³-hybridized carbons (Fsp3) is 0.889. The summed E-state index contributed by atoms with van der Waals surface area (Å²) in [5.74, 6) is 0. The van der Waals surface area contributed by atoms with Gasteiger partial charge in [-0.05, 0) is 12.8 Å². The number of ether oxygens (including phenoxy) is 2. The molecule has 3 atom stereocenters. The number of nitriles is 1. The van der Waals surface area contributed by atoms with Crippen LogP contribution in [0.1, 0.15) is 25.7 Å². The molecule has 0 radical (unpaired) electrons. The summed E-state index contributed by atoms with van der Waals surface area (Å²) in [6.07, 6.45) is 4.33. The van der Waals surface area contributed by atoms with E-state index in [1.54, 1.807) is 7.11 Å². The van der Waals surface area contributed by atoms with Gasteiger partial charge in [0.2, 0.25) is 0 Å². The van der Waals surface area contributed by atoms with E-state index >= 15 is 0 Å². The van der Waals surface area contributed by atoms with Crippen LogP contribution < -0.4 is 0 Å². The van der Waals surface area contributed by atoms with Crippen LogP contribution in [0.3, 0.4) is 0 Å². The quantitative estimate of drug-likeness (QED) is 0.552. The maximum Gasteiger partial charge on any atom is 0.176 e. The van der Waals surface area contributed by atoms with Gasteiger partial charge in [0.05, 0.1) is 12.2 Å². The highest BCUT2D eigenvalue weighted by Crippen LogP contribution is 2.48. The third kappa shape index (κ3) is 0.954. The molecule has 0 aromatic rings. The molecule has 3 unspecified atom stereocenters. The van der Waals surface area contributed by atoms with E-state index in [1.165, 1.54) is 6.42 Å². The molecule has 2 rings (SSSR count). The van der Waals surface area contributed by atoms with E-state index in [-0.39, 0.29) is 17.8 Å². The average molecular weight is 167 g/mol. The summed E-state index contributed by atoms with van der Waals surface area (Å²) in [5, 5.41) is 8.71. The van der Waals surface area contributed by atoms with Crippen molar-refractivity contribution in [3.8, 4) is 6.07 Å². The van der Waals surface area contributed by atoms with E-state index in [1.807, 2.05) is 0 Å². The second-order valence-electron chi connectivity index (χ2n) is 3.55. The third-order valence-electron chi connectivity index (χ3n) is 2.95. The molecule has 0 N–H and O–H groups in total. The van der Waals surface area contributed by atoms with Gasteiger partial charge in [-0.3, -0.25) is 0 Å². The molecule has 1 saturated heterocycles. The van der Waals surface area contributed by atoms with Gasteiger partial charge in [-0.25, -0.2) is 0 Å². The lowest BCUT2D eigenvalue weighted by Gasteiger charge is -2.27. The minimum atomic E-state index is -0.220. The fourth-order valence-electron chi connectivity index (χ4n) is 2.21. The molecule has 0 bridgehead atoms. The first-order valence-electron chi connectivity index (χ1n) is 4.44. The topological polar surface area (TPSA) is 45.5 Å². The van der Waals surface area contributed by atoms with Crippen LogP contribution >= 0.6 is 0 Å². The minimum absolute atomic E-state index is 0.149. The normalized spacial score (nSPS) is 45.7. The van der Waals surface area contributed by atoms with E-state index < -0.39 is 0 Å². The van der Waals surface area contributed by atoms with Crippen molar-refractivity contribution in [2.45, 2.75) is 43.5 Å². The number of rotatable bonds is 1. The van der Waals surface area contributed by atoms with E-state index in [4.69, 9.17) is 14.7 Å². The van der Waals surface area contributed by atoms with Gasteiger partial charge in [-0.15, -0.1) is 0 Å². The van der Waals surface area contributed by atoms with Crippen LogP contribution in [-0.2, 0) is 9.47 Å². The zero-order valence-corrected chi connectivity index (χ0v) is 7.25. The Morgan fingerprint density at radius 1 is 1.58 bits per heavy atom. The van der Waals surface area contributed by atoms with Gasteiger partial charge in [-0.2, -0.15) is 5.26 Å². The minimum Gasteiger partial charge on any atom is -0.378 e. The second kappa shape index (κ2) is 2.72. The molecule has 1 aliphatic heterocycles. The lowest BCUT2D eigenvalue weighted by atomic mass is 9.84. The molecular weight excluding hydrogens is 154 g/mol. The molecular formula is C9H13NO2. The molecule has 3 heteroatoms. The van der Waals surface area contributed by atoms with Crippen LogP contribution in [0, 0.1) is 11.3 Å². The van der Waals surface area contributed by atoms with Gasteiger partial charge in [0.1, 0.15) is 5.60 Å². The maximum absolute atomic E-state index is 8.71. The van der Waals surface area contributed by atoms with Crippen molar-refractivity contribution in [3.05, 3.63) is 0 Å². The predicted octanol–water partition coefficient (Wildman–Crippen LogP) is 1.24. The molecule has 2 aliphatic rings. The summed E-state index contributed by atoms with van der Waals surface area (Å²) in [5.41, 5.74) is -0.220. The number of methoxy groups -OCH3 is 1. The molecule has 1 spiro atoms. The summed E-state index contributed by atoms with van der Waals surface area (Å²) < 4.78 is 10.7. The molecule has 12 heavy (non-hydrogen) atoms. The Bertz CT molecular complexity index is 223. The average Bonchev–Trinajstić information content (AvgIpc) is 2.81. The van der Waals surface area contributed by atoms with E-state index in [9.17, 15) is 0 Å². The Balaban J connectivity index is 2.08. The van der Waals surface area contributed by atoms with Crippen LogP contribution in [0.4, 0.5) is 0 Å². The smallest absolute Gasteiger partial charge is 0.176 e. The van der Waals surface area contributed by atoms with Gasteiger partial charge >= 0.3 is 0 Å². The Kier molecular flexibility index (Phi) is 1.82.